The maximum Gasteiger partial charge on any atom is 0.472 e. The maximum absolute atomic E-state index is 11.0. The second-order valence-corrected chi connectivity index (χ2v) is 4.54. The van der Waals surface area contributed by atoms with E-state index in [4.69, 9.17) is 9.63 Å². The first-order valence-electron chi connectivity index (χ1n) is 4.60. The normalized spacial score (nSPS) is 15.8. The van der Waals surface area contributed by atoms with Gasteiger partial charge in [-0.3, -0.25) is 18.6 Å². The van der Waals surface area contributed by atoms with Crippen LogP contribution in [0.5, 0.6) is 0 Å². The number of phosphoric ester groups is 1. The van der Waals surface area contributed by atoms with Crippen LogP contribution in [0.2, 0.25) is 0 Å². The Hall–Kier alpha value is -0.950. The minimum Gasteiger partial charge on any atom is -0.462 e. The third-order valence-corrected chi connectivity index (χ3v) is 2.40. The lowest BCUT2D eigenvalue weighted by atomic mass is 10.4. The van der Waals surface area contributed by atoms with Crippen LogP contribution >= 0.6 is 7.82 Å². The summed E-state index contributed by atoms with van der Waals surface area (Å²) in [5.41, 5.74) is 0. The van der Waals surface area contributed by atoms with Gasteiger partial charge in [-0.25, -0.2) is 4.57 Å². The average Bonchev–Trinajstić information content (AvgIpc) is 2.21. The first-order valence-corrected chi connectivity index (χ1v) is 6.10. The Kier molecular flexibility index (Phi) is 6.98. The molecule has 8 nitrogen and oxygen atoms in total. The predicted octanol–water partition coefficient (Wildman–Crippen LogP) is 0.245. The van der Waals surface area contributed by atoms with Gasteiger partial charge < -0.3 is 14.4 Å². The highest BCUT2D eigenvalue weighted by atomic mass is 31.2. The summed E-state index contributed by atoms with van der Waals surface area (Å²) in [4.78, 5) is 30.2. The number of rotatable bonds is 7. The average molecular weight is 270 g/mol. The molecule has 100 valence electrons. The number of esters is 2. The monoisotopic (exact) mass is 270 g/mol. The lowest BCUT2D eigenvalue weighted by Gasteiger charge is -2.17. The second kappa shape index (κ2) is 7.39. The summed E-state index contributed by atoms with van der Waals surface area (Å²) in [6.07, 6.45) is -0.966. The van der Waals surface area contributed by atoms with Crippen molar-refractivity contribution in [2.45, 2.75) is 20.0 Å². The zero-order chi connectivity index (χ0) is 13.5. The van der Waals surface area contributed by atoms with Crippen LogP contribution in [0.15, 0.2) is 0 Å². The summed E-state index contributed by atoms with van der Waals surface area (Å²) in [6, 6.07) is 0. The van der Waals surface area contributed by atoms with Crippen LogP contribution in [0.4, 0.5) is 0 Å². The molecule has 1 unspecified atom stereocenters. The van der Waals surface area contributed by atoms with Gasteiger partial charge in [0.15, 0.2) is 6.10 Å². The smallest absolute Gasteiger partial charge is 0.462 e. The maximum atomic E-state index is 11.0. The van der Waals surface area contributed by atoms with Gasteiger partial charge in [0.05, 0.1) is 6.61 Å². The van der Waals surface area contributed by atoms with E-state index < -0.39 is 32.5 Å². The van der Waals surface area contributed by atoms with E-state index in [-0.39, 0.29) is 6.61 Å². The molecule has 0 saturated heterocycles. The molecule has 0 aromatic heterocycles. The molecule has 0 heterocycles. The van der Waals surface area contributed by atoms with Crippen molar-refractivity contribution in [2.75, 3.05) is 20.3 Å². The third kappa shape index (κ3) is 8.82. The van der Waals surface area contributed by atoms with Crippen molar-refractivity contribution in [1.29, 1.82) is 0 Å². The highest BCUT2D eigenvalue weighted by Gasteiger charge is 2.23. The Morgan fingerprint density at radius 3 is 2.24 bits per heavy atom. The van der Waals surface area contributed by atoms with Crippen molar-refractivity contribution in [1.82, 2.24) is 0 Å². The fraction of sp³-hybridized carbons (Fsp3) is 0.750. The van der Waals surface area contributed by atoms with Gasteiger partial charge in [-0.1, -0.05) is 0 Å². The Balaban J connectivity index is 4.23. The molecule has 0 aromatic carbocycles. The van der Waals surface area contributed by atoms with Crippen molar-refractivity contribution in [3.8, 4) is 0 Å². The summed E-state index contributed by atoms with van der Waals surface area (Å²) in [5, 5.41) is 0. The Labute approximate surface area is 98.4 Å². The molecule has 1 N–H and O–H groups in total. The van der Waals surface area contributed by atoms with Crippen LogP contribution in [-0.2, 0) is 32.7 Å². The van der Waals surface area contributed by atoms with E-state index in [0.29, 0.717) is 0 Å². The molecule has 0 aliphatic rings. The Morgan fingerprint density at radius 2 is 1.82 bits per heavy atom. The van der Waals surface area contributed by atoms with Crippen LogP contribution in [0, 0.1) is 0 Å². The van der Waals surface area contributed by atoms with E-state index in [2.05, 4.69) is 13.8 Å². The zero-order valence-corrected chi connectivity index (χ0v) is 10.6. The largest absolute Gasteiger partial charge is 0.472 e. The number of carbonyl (C=O) groups is 2. The molecular weight excluding hydrogens is 255 g/mol. The van der Waals surface area contributed by atoms with Crippen molar-refractivity contribution >= 4 is 19.8 Å². The van der Waals surface area contributed by atoms with Gasteiger partial charge in [-0.15, -0.1) is 0 Å². The Morgan fingerprint density at radius 1 is 1.24 bits per heavy atom. The van der Waals surface area contributed by atoms with Gasteiger partial charge in [-0.05, 0) is 0 Å². The van der Waals surface area contributed by atoms with Crippen molar-refractivity contribution < 1.29 is 37.6 Å². The number of carbonyl (C=O) groups excluding carboxylic acids is 2. The summed E-state index contributed by atoms with van der Waals surface area (Å²) < 4.78 is 28.9. The summed E-state index contributed by atoms with van der Waals surface area (Å²) in [7, 11) is -3.16. The SMILES string of the molecule is COP(=O)(O)OC[C@@H](COC(C)=O)OC(C)=O. The molecule has 0 amide bonds. The minimum atomic E-state index is -4.15. The topological polar surface area (TPSA) is 108 Å². The van der Waals surface area contributed by atoms with Crippen molar-refractivity contribution in [2.24, 2.45) is 0 Å². The highest BCUT2D eigenvalue weighted by Crippen LogP contribution is 2.41. The number of hydrogen-bond donors (Lipinski definition) is 1. The van der Waals surface area contributed by atoms with Gasteiger partial charge in [0.25, 0.3) is 0 Å². The van der Waals surface area contributed by atoms with E-state index in [9.17, 15) is 14.2 Å². The molecule has 17 heavy (non-hydrogen) atoms. The molecule has 0 saturated carbocycles. The van der Waals surface area contributed by atoms with Crippen LogP contribution in [0.3, 0.4) is 0 Å². The van der Waals surface area contributed by atoms with E-state index in [1.165, 1.54) is 6.92 Å². The molecule has 0 fully saturated rings. The van der Waals surface area contributed by atoms with Gasteiger partial charge in [0.1, 0.15) is 6.61 Å². The van der Waals surface area contributed by atoms with Crippen LogP contribution in [-0.4, -0.2) is 43.3 Å². The summed E-state index contributed by atoms with van der Waals surface area (Å²) in [6.45, 7) is 1.64. The molecule has 0 bridgehead atoms. The molecule has 0 spiro atoms. The first-order chi connectivity index (χ1) is 7.76. The quantitative estimate of drug-likeness (QED) is 0.517. The number of phosphoric acid groups is 1. The van der Waals surface area contributed by atoms with Crippen molar-refractivity contribution in [3.05, 3.63) is 0 Å². The summed E-state index contributed by atoms with van der Waals surface area (Å²) in [5.74, 6) is -1.20. The fourth-order valence-corrected chi connectivity index (χ4v) is 1.25. The second-order valence-electron chi connectivity index (χ2n) is 2.98. The van der Waals surface area contributed by atoms with Gasteiger partial charge in [0.2, 0.25) is 0 Å². The van der Waals surface area contributed by atoms with E-state index in [1.807, 2.05) is 0 Å². The predicted molar refractivity (Wildman–Crippen MR) is 55.0 cm³/mol. The lowest BCUT2D eigenvalue weighted by molar-refractivity contribution is -0.158. The standard InChI is InChI=1S/C8H15O8P/c1-6(9)14-4-8(16-7(2)10)5-15-17(11,12)13-3/h8H,4-5H2,1-3H3,(H,11,12)/t8-/m1/s1. The van der Waals surface area contributed by atoms with Gasteiger partial charge in [-0.2, -0.15) is 0 Å². The first kappa shape index (κ1) is 16.1. The lowest BCUT2D eigenvalue weighted by Crippen LogP contribution is -2.28. The van der Waals surface area contributed by atoms with Crippen LogP contribution < -0.4 is 0 Å². The minimum absolute atomic E-state index is 0.265. The van der Waals surface area contributed by atoms with Crippen LogP contribution in [0.25, 0.3) is 0 Å². The zero-order valence-electron chi connectivity index (χ0n) is 9.74. The third-order valence-electron chi connectivity index (χ3n) is 1.46. The molecule has 9 heteroatoms. The van der Waals surface area contributed by atoms with Crippen molar-refractivity contribution in [3.63, 3.8) is 0 Å². The Bertz CT molecular complexity index is 315. The number of ether oxygens (including phenoxy) is 2. The van der Waals surface area contributed by atoms with E-state index in [0.717, 1.165) is 14.0 Å². The molecule has 0 radical (unpaired) electrons. The summed E-state index contributed by atoms with van der Waals surface area (Å²) >= 11 is 0. The molecule has 0 rings (SSSR count). The molecule has 0 aromatic rings. The molecule has 0 aliphatic heterocycles. The van der Waals surface area contributed by atoms with E-state index >= 15 is 0 Å². The molecular formula is C8H15O8P. The number of hydrogen-bond acceptors (Lipinski definition) is 7. The fourth-order valence-electron chi connectivity index (χ4n) is 0.791. The van der Waals surface area contributed by atoms with Gasteiger partial charge in [0, 0.05) is 21.0 Å². The highest BCUT2D eigenvalue weighted by molar-refractivity contribution is 7.47. The molecule has 0 aliphatic carbocycles. The van der Waals surface area contributed by atoms with Crippen LogP contribution in [0.1, 0.15) is 13.8 Å². The van der Waals surface area contributed by atoms with E-state index in [1.54, 1.807) is 0 Å². The molecule has 2 atom stereocenters. The van der Waals surface area contributed by atoms with Gasteiger partial charge >= 0.3 is 19.8 Å².